The van der Waals surface area contributed by atoms with Crippen LogP contribution in [0.1, 0.15) is 6.92 Å². The van der Waals surface area contributed by atoms with Crippen LogP contribution in [0.15, 0.2) is 24.3 Å². The lowest BCUT2D eigenvalue weighted by molar-refractivity contribution is 0.579. The molecule has 0 aliphatic rings. The van der Waals surface area contributed by atoms with Gasteiger partial charge in [-0.3, -0.25) is 4.31 Å². The maximum absolute atomic E-state index is 11.8. The van der Waals surface area contributed by atoms with Crippen molar-refractivity contribution in [2.45, 2.75) is 6.92 Å². The van der Waals surface area contributed by atoms with Crippen LogP contribution in [0.5, 0.6) is 0 Å². The van der Waals surface area contributed by atoms with E-state index in [0.717, 1.165) is 10.6 Å². The molecule has 0 saturated heterocycles. The Bertz CT molecular complexity index is 659. The molecule has 1 N–H and O–H groups in total. The van der Waals surface area contributed by atoms with E-state index in [0.29, 0.717) is 10.7 Å². The van der Waals surface area contributed by atoms with Crippen molar-refractivity contribution in [1.29, 1.82) is 0 Å². The molecule has 0 heterocycles. The number of hydrogen-bond acceptors (Lipinski definition) is 4. The first-order chi connectivity index (χ1) is 9.15. The van der Waals surface area contributed by atoms with Crippen LogP contribution in [0.25, 0.3) is 0 Å². The van der Waals surface area contributed by atoms with Crippen LogP contribution >= 0.6 is 11.6 Å². The van der Waals surface area contributed by atoms with Crippen LogP contribution in [0, 0.1) is 0 Å². The molecule has 0 amide bonds. The number of nitrogens with zero attached hydrogens (tertiary/aromatic N) is 1. The van der Waals surface area contributed by atoms with Gasteiger partial charge in [-0.25, -0.2) is 21.6 Å². The fourth-order valence-electron chi connectivity index (χ4n) is 1.52. The van der Waals surface area contributed by atoms with Crippen molar-refractivity contribution in [3.63, 3.8) is 0 Å². The van der Waals surface area contributed by atoms with Gasteiger partial charge in [-0.1, -0.05) is 17.7 Å². The molecule has 1 aromatic rings. The van der Waals surface area contributed by atoms with Gasteiger partial charge >= 0.3 is 0 Å². The van der Waals surface area contributed by atoms with Crippen LogP contribution in [0.3, 0.4) is 0 Å². The molecule has 0 radical (unpaired) electrons. The van der Waals surface area contributed by atoms with Gasteiger partial charge in [0.25, 0.3) is 0 Å². The third-order valence-electron chi connectivity index (χ3n) is 2.51. The largest absolute Gasteiger partial charge is 0.269 e. The minimum Gasteiger partial charge on any atom is -0.269 e. The monoisotopic (exact) mass is 340 g/mol. The molecule has 6 nitrogen and oxygen atoms in total. The molecular weight excluding hydrogens is 324 g/mol. The van der Waals surface area contributed by atoms with E-state index in [1.165, 1.54) is 13.0 Å². The van der Waals surface area contributed by atoms with E-state index in [1.807, 2.05) is 0 Å². The number of benzene rings is 1. The van der Waals surface area contributed by atoms with Crippen LogP contribution in [-0.4, -0.2) is 41.9 Å². The number of halogens is 1. The molecule has 0 aliphatic heterocycles. The van der Waals surface area contributed by atoms with E-state index in [1.54, 1.807) is 18.2 Å². The molecule has 0 aliphatic carbocycles. The Kier molecular flexibility index (Phi) is 5.81. The predicted molar refractivity (Wildman–Crippen MR) is 81.1 cm³/mol. The zero-order valence-corrected chi connectivity index (χ0v) is 13.6. The molecule has 0 aromatic heterocycles. The number of rotatable bonds is 7. The van der Waals surface area contributed by atoms with Crippen molar-refractivity contribution in [3.05, 3.63) is 29.3 Å². The molecule has 0 unspecified atom stereocenters. The molecule has 1 rings (SSSR count). The van der Waals surface area contributed by atoms with E-state index in [2.05, 4.69) is 4.72 Å². The summed E-state index contributed by atoms with van der Waals surface area (Å²) in [7, 11) is -6.87. The van der Waals surface area contributed by atoms with Crippen LogP contribution in [0.2, 0.25) is 5.02 Å². The third-order valence-corrected chi connectivity index (χ3v) is 5.35. The summed E-state index contributed by atoms with van der Waals surface area (Å²) in [6.07, 6.45) is 1.06. The van der Waals surface area contributed by atoms with Gasteiger partial charge in [0.2, 0.25) is 20.0 Å². The molecule has 0 saturated carbocycles. The fourth-order valence-corrected chi connectivity index (χ4v) is 3.23. The summed E-state index contributed by atoms with van der Waals surface area (Å²) in [4.78, 5) is 0. The summed E-state index contributed by atoms with van der Waals surface area (Å²) in [5.74, 6) is -0.0525. The van der Waals surface area contributed by atoms with E-state index in [4.69, 9.17) is 11.6 Å². The maximum Gasteiger partial charge on any atom is 0.232 e. The number of nitrogens with one attached hydrogen (secondary N) is 1. The van der Waals surface area contributed by atoms with Crippen molar-refractivity contribution in [2.24, 2.45) is 0 Å². The van der Waals surface area contributed by atoms with Gasteiger partial charge in [-0.2, -0.15) is 0 Å². The Morgan fingerprint density at radius 1 is 1.25 bits per heavy atom. The summed E-state index contributed by atoms with van der Waals surface area (Å²) in [5.41, 5.74) is 0.399. The highest BCUT2D eigenvalue weighted by molar-refractivity contribution is 7.92. The lowest BCUT2D eigenvalue weighted by Crippen LogP contribution is -2.38. The molecule has 0 bridgehead atoms. The van der Waals surface area contributed by atoms with Gasteiger partial charge in [0.1, 0.15) is 0 Å². The Balaban J connectivity index is 2.88. The van der Waals surface area contributed by atoms with E-state index >= 15 is 0 Å². The maximum atomic E-state index is 11.8. The molecule has 1 aromatic carbocycles. The van der Waals surface area contributed by atoms with Crippen LogP contribution in [0.4, 0.5) is 5.69 Å². The first-order valence-corrected chi connectivity index (χ1v) is 9.74. The van der Waals surface area contributed by atoms with Gasteiger partial charge in [0.15, 0.2) is 0 Å². The second kappa shape index (κ2) is 6.75. The van der Waals surface area contributed by atoms with Gasteiger partial charge in [-0.05, 0) is 25.1 Å². The van der Waals surface area contributed by atoms with Crippen molar-refractivity contribution < 1.29 is 16.8 Å². The summed E-state index contributed by atoms with van der Waals surface area (Å²) >= 11 is 5.84. The fraction of sp³-hybridized carbons (Fsp3) is 0.455. The normalized spacial score (nSPS) is 12.3. The van der Waals surface area contributed by atoms with Crippen molar-refractivity contribution >= 4 is 37.3 Å². The Morgan fingerprint density at radius 3 is 2.40 bits per heavy atom. The molecular formula is C11H17ClN2O4S2. The highest BCUT2D eigenvalue weighted by Gasteiger charge is 2.18. The van der Waals surface area contributed by atoms with Crippen molar-refractivity contribution in [3.8, 4) is 0 Å². The Labute approximate surface area is 124 Å². The molecule has 0 atom stereocenters. The zero-order valence-electron chi connectivity index (χ0n) is 11.2. The summed E-state index contributed by atoms with van der Waals surface area (Å²) in [5, 5.41) is 0.408. The predicted octanol–water partition coefficient (Wildman–Crippen LogP) is 1.05. The minimum atomic E-state index is -3.52. The van der Waals surface area contributed by atoms with Crippen molar-refractivity contribution in [2.75, 3.05) is 29.4 Å². The van der Waals surface area contributed by atoms with Gasteiger partial charge in [0.05, 0.1) is 17.7 Å². The SMILES string of the molecule is CCS(=O)(=O)NCCN(c1cccc(Cl)c1)S(C)(=O)=O. The van der Waals surface area contributed by atoms with Gasteiger partial charge < -0.3 is 0 Å². The first-order valence-electron chi connectivity index (χ1n) is 5.86. The van der Waals surface area contributed by atoms with Crippen LogP contribution in [-0.2, 0) is 20.0 Å². The summed E-state index contributed by atoms with van der Waals surface area (Å²) in [6.45, 7) is 1.50. The first kappa shape index (κ1) is 17.2. The number of sulfonamides is 2. The average Bonchev–Trinajstić information content (AvgIpc) is 2.33. The molecule has 0 spiro atoms. The summed E-state index contributed by atoms with van der Waals surface area (Å²) < 4.78 is 49.6. The quantitative estimate of drug-likeness (QED) is 0.804. The smallest absolute Gasteiger partial charge is 0.232 e. The second-order valence-corrected chi connectivity index (χ2v) is 8.55. The second-order valence-electron chi connectivity index (χ2n) is 4.11. The van der Waals surface area contributed by atoms with E-state index in [9.17, 15) is 16.8 Å². The zero-order chi connectivity index (χ0) is 15.4. The van der Waals surface area contributed by atoms with Gasteiger partial charge in [-0.15, -0.1) is 0 Å². The molecule has 9 heteroatoms. The van der Waals surface area contributed by atoms with E-state index in [-0.39, 0.29) is 18.8 Å². The topological polar surface area (TPSA) is 83.6 Å². The Morgan fingerprint density at radius 2 is 1.90 bits per heavy atom. The highest BCUT2D eigenvalue weighted by Crippen LogP contribution is 2.21. The van der Waals surface area contributed by atoms with E-state index < -0.39 is 20.0 Å². The number of hydrogen-bond donors (Lipinski definition) is 1. The van der Waals surface area contributed by atoms with Crippen molar-refractivity contribution in [1.82, 2.24) is 4.72 Å². The molecule has 114 valence electrons. The highest BCUT2D eigenvalue weighted by atomic mass is 35.5. The van der Waals surface area contributed by atoms with Gasteiger partial charge in [0, 0.05) is 18.1 Å². The minimum absolute atomic E-state index is 0.00158. The molecule has 20 heavy (non-hydrogen) atoms. The Hall–Kier alpha value is -0.830. The lowest BCUT2D eigenvalue weighted by atomic mass is 10.3. The average molecular weight is 341 g/mol. The molecule has 0 fully saturated rings. The lowest BCUT2D eigenvalue weighted by Gasteiger charge is -2.22. The summed E-state index contributed by atoms with van der Waals surface area (Å²) in [6, 6.07) is 6.37. The van der Waals surface area contributed by atoms with Crippen LogP contribution < -0.4 is 9.03 Å². The number of anilines is 1. The standard InChI is InChI=1S/C11H17ClN2O4S2/c1-3-20(17,18)13-7-8-14(19(2,15)16)11-6-4-5-10(12)9-11/h4-6,9,13H,3,7-8H2,1-2H3. The third kappa shape index (κ3) is 5.28.